The Hall–Kier alpha value is -3.15. The predicted octanol–water partition coefficient (Wildman–Crippen LogP) is 4.37. The number of carbonyl (C=O) groups is 2. The molecular formula is C23H27N3O3. The van der Waals surface area contributed by atoms with E-state index in [4.69, 9.17) is 4.74 Å². The van der Waals surface area contributed by atoms with Crippen LogP contribution < -0.4 is 15.5 Å². The number of anilines is 1. The second-order valence-corrected chi connectivity index (χ2v) is 7.24. The molecule has 1 aliphatic rings. The Morgan fingerprint density at radius 2 is 1.69 bits per heavy atom. The number of ether oxygens (including phenoxy) is 1. The molecule has 29 heavy (non-hydrogen) atoms. The van der Waals surface area contributed by atoms with E-state index in [0.29, 0.717) is 17.0 Å². The molecule has 6 nitrogen and oxygen atoms in total. The van der Waals surface area contributed by atoms with Crippen LogP contribution >= 0.6 is 0 Å². The largest absolute Gasteiger partial charge is 0.496 e. The first-order valence-electron chi connectivity index (χ1n) is 9.97. The van der Waals surface area contributed by atoms with Gasteiger partial charge >= 0.3 is 0 Å². The van der Waals surface area contributed by atoms with Crippen LogP contribution in [0.3, 0.4) is 0 Å². The topological polar surface area (TPSA) is 79.8 Å². The third kappa shape index (κ3) is 5.44. The third-order valence-electron chi connectivity index (χ3n) is 5.22. The quantitative estimate of drug-likeness (QED) is 0.565. The zero-order chi connectivity index (χ0) is 20.6. The monoisotopic (exact) mass is 393 g/mol. The Balaban J connectivity index is 1.60. The Kier molecular flexibility index (Phi) is 7.00. The van der Waals surface area contributed by atoms with E-state index in [-0.39, 0.29) is 17.7 Å². The van der Waals surface area contributed by atoms with Crippen LogP contribution in [0.25, 0.3) is 0 Å². The molecule has 6 heteroatoms. The standard InChI is InChI=1S/C23H27N3O3/c1-16(25-26-23(28)20-10-6-7-11-21(20)29-2)17-12-14-19(15-13-17)24-22(27)18-8-4-3-5-9-18/h6-7,10-15,18H,3-5,8-9H2,1-2H3,(H,24,27)(H,26,28)/b25-16-. The normalized spacial score (nSPS) is 14.9. The summed E-state index contributed by atoms with van der Waals surface area (Å²) in [5.41, 5.74) is 5.29. The number of hydrogen-bond donors (Lipinski definition) is 2. The van der Waals surface area contributed by atoms with E-state index in [1.807, 2.05) is 31.2 Å². The van der Waals surface area contributed by atoms with E-state index in [1.165, 1.54) is 13.5 Å². The highest BCUT2D eigenvalue weighted by atomic mass is 16.5. The van der Waals surface area contributed by atoms with Crippen LogP contribution in [0, 0.1) is 5.92 Å². The van der Waals surface area contributed by atoms with Gasteiger partial charge in [-0.2, -0.15) is 5.10 Å². The van der Waals surface area contributed by atoms with Gasteiger partial charge in [-0.15, -0.1) is 0 Å². The SMILES string of the molecule is COc1ccccc1C(=O)N/N=C(/C)c1ccc(NC(=O)C2CCCCC2)cc1. The molecule has 0 spiro atoms. The molecule has 0 aliphatic heterocycles. The summed E-state index contributed by atoms with van der Waals surface area (Å²) in [7, 11) is 1.52. The van der Waals surface area contributed by atoms with Crippen LogP contribution in [0.2, 0.25) is 0 Å². The highest BCUT2D eigenvalue weighted by Crippen LogP contribution is 2.25. The van der Waals surface area contributed by atoms with Gasteiger partial charge in [0.25, 0.3) is 5.91 Å². The predicted molar refractivity (Wildman–Crippen MR) is 114 cm³/mol. The minimum atomic E-state index is -0.335. The summed E-state index contributed by atoms with van der Waals surface area (Å²) >= 11 is 0. The van der Waals surface area contributed by atoms with E-state index in [9.17, 15) is 9.59 Å². The van der Waals surface area contributed by atoms with Gasteiger partial charge < -0.3 is 10.1 Å². The molecule has 0 atom stereocenters. The van der Waals surface area contributed by atoms with Gasteiger partial charge in [-0.05, 0) is 49.6 Å². The first kappa shape index (κ1) is 20.6. The number of hydrogen-bond acceptors (Lipinski definition) is 4. The van der Waals surface area contributed by atoms with Crippen LogP contribution in [0.15, 0.2) is 53.6 Å². The zero-order valence-corrected chi connectivity index (χ0v) is 16.9. The van der Waals surface area contributed by atoms with Crippen molar-refractivity contribution >= 4 is 23.2 Å². The lowest BCUT2D eigenvalue weighted by Crippen LogP contribution is -2.24. The van der Waals surface area contributed by atoms with Crippen molar-refractivity contribution in [2.45, 2.75) is 39.0 Å². The average Bonchev–Trinajstić information content (AvgIpc) is 2.78. The maximum atomic E-state index is 12.4. The lowest BCUT2D eigenvalue weighted by atomic mass is 9.88. The van der Waals surface area contributed by atoms with Crippen LogP contribution in [-0.2, 0) is 4.79 Å². The fraction of sp³-hybridized carbons (Fsp3) is 0.348. The average molecular weight is 393 g/mol. The number of amides is 2. The molecule has 0 radical (unpaired) electrons. The minimum absolute atomic E-state index is 0.104. The molecule has 1 saturated carbocycles. The Labute approximate surface area is 171 Å². The molecule has 1 aliphatic carbocycles. The smallest absolute Gasteiger partial charge is 0.275 e. The van der Waals surface area contributed by atoms with E-state index in [0.717, 1.165) is 36.9 Å². The van der Waals surface area contributed by atoms with Gasteiger partial charge in [0.1, 0.15) is 5.75 Å². The van der Waals surface area contributed by atoms with Crippen LogP contribution in [0.4, 0.5) is 5.69 Å². The second kappa shape index (κ2) is 9.87. The highest BCUT2D eigenvalue weighted by Gasteiger charge is 2.21. The number of nitrogens with one attached hydrogen (secondary N) is 2. The van der Waals surface area contributed by atoms with E-state index in [1.54, 1.807) is 24.3 Å². The fourth-order valence-corrected chi connectivity index (χ4v) is 3.50. The molecule has 1 fully saturated rings. The van der Waals surface area contributed by atoms with E-state index >= 15 is 0 Å². The molecular weight excluding hydrogens is 366 g/mol. The fourth-order valence-electron chi connectivity index (χ4n) is 3.50. The summed E-state index contributed by atoms with van der Waals surface area (Å²) < 4.78 is 5.20. The zero-order valence-electron chi connectivity index (χ0n) is 16.9. The Morgan fingerprint density at radius 3 is 2.38 bits per heavy atom. The Bertz CT molecular complexity index is 884. The van der Waals surface area contributed by atoms with Gasteiger partial charge in [-0.3, -0.25) is 9.59 Å². The van der Waals surface area contributed by atoms with Crippen molar-refractivity contribution < 1.29 is 14.3 Å². The number of nitrogens with zero attached hydrogens (tertiary/aromatic N) is 1. The Morgan fingerprint density at radius 1 is 1.00 bits per heavy atom. The molecule has 2 aromatic rings. The van der Waals surface area contributed by atoms with Crippen LogP contribution in [0.5, 0.6) is 5.75 Å². The van der Waals surface area contributed by atoms with Crippen molar-refractivity contribution in [2.75, 3.05) is 12.4 Å². The molecule has 0 unspecified atom stereocenters. The molecule has 0 saturated heterocycles. The maximum absolute atomic E-state index is 12.4. The number of methoxy groups -OCH3 is 1. The van der Waals surface area contributed by atoms with E-state index in [2.05, 4.69) is 15.8 Å². The van der Waals surface area contributed by atoms with Crippen LogP contribution in [-0.4, -0.2) is 24.6 Å². The van der Waals surface area contributed by atoms with Gasteiger partial charge in [0.2, 0.25) is 5.91 Å². The third-order valence-corrected chi connectivity index (χ3v) is 5.22. The number of benzene rings is 2. The lowest BCUT2D eigenvalue weighted by molar-refractivity contribution is -0.120. The molecule has 0 bridgehead atoms. The summed E-state index contributed by atoms with van der Waals surface area (Å²) in [5, 5.41) is 7.18. The summed E-state index contributed by atoms with van der Waals surface area (Å²) in [6, 6.07) is 14.5. The van der Waals surface area contributed by atoms with Gasteiger partial charge in [0, 0.05) is 11.6 Å². The number of rotatable bonds is 6. The maximum Gasteiger partial charge on any atom is 0.275 e. The van der Waals surface area contributed by atoms with Crippen LogP contribution in [0.1, 0.15) is 54.9 Å². The number of para-hydroxylation sites is 1. The summed E-state index contributed by atoms with van der Waals surface area (Å²) in [5.74, 6) is 0.387. The molecule has 152 valence electrons. The first-order valence-corrected chi connectivity index (χ1v) is 9.97. The number of carbonyl (C=O) groups excluding carboxylic acids is 2. The minimum Gasteiger partial charge on any atom is -0.496 e. The molecule has 2 N–H and O–H groups in total. The summed E-state index contributed by atoms with van der Waals surface area (Å²) in [4.78, 5) is 24.7. The van der Waals surface area contributed by atoms with Gasteiger partial charge in [-0.1, -0.05) is 43.5 Å². The first-order chi connectivity index (χ1) is 14.1. The summed E-state index contributed by atoms with van der Waals surface area (Å²) in [6.07, 6.45) is 5.44. The number of hydrazone groups is 1. The molecule has 2 aromatic carbocycles. The van der Waals surface area contributed by atoms with Crippen molar-refractivity contribution in [2.24, 2.45) is 11.0 Å². The molecule has 0 aromatic heterocycles. The van der Waals surface area contributed by atoms with E-state index < -0.39 is 0 Å². The highest BCUT2D eigenvalue weighted by molar-refractivity contribution is 6.02. The van der Waals surface area contributed by atoms with Crippen molar-refractivity contribution in [3.63, 3.8) is 0 Å². The van der Waals surface area contributed by atoms with Gasteiger partial charge in [0.05, 0.1) is 18.4 Å². The van der Waals surface area contributed by atoms with Gasteiger partial charge in [-0.25, -0.2) is 5.43 Å². The lowest BCUT2D eigenvalue weighted by Gasteiger charge is -2.20. The van der Waals surface area contributed by atoms with Crippen molar-refractivity contribution in [3.8, 4) is 5.75 Å². The van der Waals surface area contributed by atoms with Crippen molar-refractivity contribution in [3.05, 3.63) is 59.7 Å². The second-order valence-electron chi connectivity index (χ2n) is 7.24. The van der Waals surface area contributed by atoms with Crippen molar-refractivity contribution in [1.82, 2.24) is 5.43 Å². The summed E-state index contributed by atoms with van der Waals surface area (Å²) in [6.45, 7) is 1.82. The molecule has 0 heterocycles. The molecule has 2 amide bonds. The van der Waals surface area contributed by atoms with Gasteiger partial charge in [0.15, 0.2) is 0 Å². The van der Waals surface area contributed by atoms with Crippen molar-refractivity contribution in [1.29, 1.82) is 0 Å². The molecule has 3 rings (SSSR count).